The summed E-state index contributed by atoms with van der Waals surface area (Å²) >= 11 is 1.62. The summed E-state index contributed by atoms with van der Waals surface area (Å²) in [5, 5.41) is 10.5. The average Bonchev–Trinajstić information content (AvgIpc) is 3.40. The predicted octanol–water partition coefficient (Wildman–Crippen LogP) is 3.69. The smallest absolute Gasteiger partial charge is 0.257 e. The Hall–Kier alpha value is -2.22. The van der Waals surface area contributed by atoms with Crippen LogP contribution >= 0.6 is 11.3 Å². The van der Waals surface area contributed by atoms with Crippen molar-refractivity contribution in [3.63, 3.8) is 0 Å². The van der Waals surface area contributed by atoms with Crippen LogP contribution in [0.15, 0.2) is 46.2 Å². The van der Waals surface area contributed by atoms with Crippen LogP contribution in [0.1, 0.15) is 24.4 Å². The lowest BCUT2D eigenvalue weighted by atomic mass is 10.1. The highest BCUT2D eigenvalue weighted by molar-refractivity contribution is 7.13. The van der Waals surface area contributed by atoms with Gasteiger partial charge in [-0.25, -0.2) is 0 Å². The minimum atomic E-state index is 0.134. The fourth-order valence-corrected chi connectivity index (χ4v) is 4.00. The monoisotopic (exact) mass is 384 g/mol. The Balaban J connectivity index is 1.32. The van der Waals surface area contributed by atoms with Crippen molar-refractivity contribution in [1.29, 1.82) is 0 Å². The van der Waals surface area contributed by atoms with Gasteiger partial charge in [-0.1, -0.05) is 18.2 Å². The van der Waals surface area contributed by atoms with Crippen molar-refractivity contribution in [2.45, 2.75) is 19.5 Å². The summed E-state index contributed by atoms with van der Waals surface area (Å²) in [5.41, 5.74) is 1.31. The molecule has 4 rings (SSSR count). The molecule has 1 atom stereocenters. The first kappa shape index (κ1) is 18.2. The first-order valence-electron chi connectivity index (χ1n) is 9.19. The predicted molar refractivity (Wildman–Crippen MR) is 106 cm³/mol. The van der Waals surface area contributed by atoms with Crippen LogP contribution in [0.4, 0.5) is 0 Å². The number of hydrogen-bond acceptors (Lipinski definition) is 7. The van der Waals surface area contributed by atoms with E-state index in [1.54, 1.807) is 18.4 Å². The van der Waals surface area contributed by atoms with Gasteiger partial charge in [-0.2, -0.15) is 0 Å². The van der Waals surface area contributed by atoms with Gasteiger partial charge in [0.2, 0.25) is 5.89 Å². The number of benzene rings is 1. The second kappa shape index (κ2) is 8.21. The van der Waals surface area contributed by atoms with Gasteiger partial charge in [0.25, 0.3) is 5.89 Å². The molecule has 3 aromatic rings. The molecule has 142 valence electrons. The van der Waals surface area contributed by atoms with Crippen LogP contribution in [0.25, 0.3) is 10.8 Å². The van der Waals surface area contributed by atoms with Gasteiger partial charge in [0.05, 0.1) is 18.0 Å². The fourth-order valence-electron chi connectivity index (χ4n) is 3.36. The molecule has 0 saturated carbocycles. The van der Waals surface area contributed by atoms with Crippen molar-refractivity contribution in [1.82, 2.24) is 20.0 Å². The lowest BCUT2D eigenvalue weighted by Gasteiger charge is -2.36. The Labute approximate surface area is 163 Å². The number of rotatable bonds is 6. The summed E-state index contributed by atoms with van der Waals surface area (Å²) in [4.78, 5) is 5.91. The average molecular weight is 385 g/mol. The highest BCUT2D eigenvalue weighted by Crippen LogP contribution is 2.27. The third-order valence-electron chi connectivity index (χ3n) is 5.05. The normalized spacial score (nSPS) is 17.1. The van der Waals surface area contributed by atoms with E-state index in [0.29, 0.717) is 11.8 Å². The third kappa shape index (κ3) is 4.21. The molecule has 2 aromatic heterocycles. The maximum atomic E-state index is 5.91. The van der Waals surface area contributed by atoms with Gasteiger partial charge in [-0.15, -0.1) is 21.5 Å². The molecule has 0 amide bonds. The molecule has 6 nitrogen and oxygen atoms in total. The second-order valence-corrected chi connectivity index (χ2v) is 7.71. The van der Waals surface area contributed by atoms with E-state index in [4.69, 9.17) is 9.15 Å². The molecule has 1 saturated heterocycles. The Morgan fingerprint density at radius 2 is 1.89 bits per heavy atom. The lowest BCUT2D eigenvalue weighted by molar-refractivity contribution is 0.0876. The summed E-state index contributed by atoms with van der Waals surface area (Å²) in [6.07, 6.45) is 0. The molecule has 1 aliphatic heterocycles. The number of hydrogen-bond donors (Lipinski definition) is 0. The van der Waals surface area contributed by atoms with E-state index in [-0.39, 0.29) is 6.04 Å². The van der Waals surface area contributed by atoms with Gasteiger partial charge in [0, 0.05) is 32.7 Å². The van der Waals surface area contributed by atoms with E-state index < -0.39 is 0 Å². The topological polar surface area (TPSA) is 54.6 Å². The van der Waals surface area contributed by atoms with Crippen molar-refractivity contribution in [3.05, 3.63) is 53.2 Å². The molecule has 0 unspecified atom stereocenters. The zero-order valence-electron chi connectivity index (χ0n) is 15.7. The van der Waals surface area contributed by atoms with Crippen molar-refractivity contribution in [3.8, 4) is 16.5 Å². The molecule has 1 aliphatic rings. The lowest BCUT2D eigenvalue weighted by Crippen LogP contribution is -2.46. The van der Waals surface area contributed by atoms with Crippen molar-refractivity contribution in [2.24, 2.45) is 0 Å². The first-order chi connectivity index (χ1) is 13.2. The molecular formula is C20H24N4O2S. The standard InChI is InChI=1S/C20H24N4O2S/c1-15(19-21-22-20(26-19)18-4-3-13-27-18)24-11-9-23(10-12-24)14-16-5-7-17(25-2)8-6-16/h3-8,13,15H,9-12,14H2,1-2H3/t15-/m1/s1. The van der Waals surface area contributed by atoms with E-state index in [9.17, 15) is 0 Å². The Bertz CT molecular complexity index is 839. The van der Waals surface area contributed by atoms with Crippen LogP contribution in [0.2, 0.25) is 0 Å². The molecule has 27 heavy (non-hydrogen) atoms. The van der Waals surface area contributed by atoms with Gasteiger partial charge in [-0.05, 0) is 36.1 Å². The van der Waals surface area contributed by atoms with E-state index in [0.717, 1.165) is 43.4 Å². The quantitative estimate of drug-likeness (QED) is 0.646. The largest absolute Gasteiger partial charge is 0.497 e. The van der Waals surface area contributed by atoms with Crippen LogP contribution in [-0.4, -0.2) is 53.3 Å². The minimum Gasteiger partial charge on any atom is -0.497 e. The zero-order chi connectivity index (χ0) is 18.6. The van der Waals surface area contributed by atoms with Crippen LogP contribution in [0.3, 0.4) is 0 Å². The highest BCUT2D eigenvalue weighted by Gasteiger charge is 2.26. The summed E-state index contributed by atoms with van der Waals surface area (Å²) < 4.78 is 11.1. The first-order valence-corrected chi connectivity index (χ1v) is 10.1. The van der Waals surface area contributed by atoms with E-state index in [1.165, 1.54) is 5.56 Å². The van der Waals surface area contributed by atoms with Crippen LogP contribution in [0.5, 0.6) is 5.75 Å². The maximum Gasteiger partial charge on any atom is 0.257 e. The summed E-state index contributed by atoms with van der Waals surface area (Å²) in [6, 6.07) is 12.5. The SMILES string of the molecule is COc1ccc(CN2CCN([C@H](C)c3nnc(-c4cccs4)o3)CC2)cc1. The van der Waals surface area contributed by atoms with E-state index >= 15 is 0 Å². The van der Waals surface area contributed by atoms with E-state index in [2.05, 4.69) is 39.1 Å². The van der Waals surface area contributed by atoms with Crippen molar-refractivity contribution >= 4 is 11.3 Å². The summed E-state index contributed by atoms with van der Waals surface area (Å²) in [6.45, 7) is 7.16. The molecule has 1 aromatic carbocycles. The zero-order valence-corrected chi connectivity index (χ0v) is 16.5. The number of aromatic nitrogens is 2. The maximum absolute atomic E-state index is 5.91. The van der Waals surface area contributed by atoms with Gasteiger partial charge in [0.15, 0.2) is 0 Å². The Morgan fingerprint density at radius 1 is 1.11 bits per heavy atom. The molecular weight excluding hydrogens is 360 g/mol. The third-order valence-corrected chi connectivity index (χ3v) is 5.91. The van der Waals surface area contributed by atoms with Gasteiger partial charge in [0.1, 0.15) is 5.75 Å². The fraction of sp³-hybridized carbons (Fsp3) is 0.400. The molecule has 0 radical (unpaired) electrons. The molecule has 0 spiro atoms. The summed E-state index contributed by atoms with van der Waals surface area (Å²) in [5.74, 6) is 2.21. The van der Waals surface area contributed by atoms with Crippen LogP contribution in [0, 0.1) is 0 Å². The molecule has 0 aliphatic carbocycles. The number of ether oxygens (including phenoxy) is 1. The Kier molecular flexibility index (Phi) is 5.52. The van der Waals surface area contributed by atoms with Crippen LogP contribution < -0.4 is 4.74 Å². The van der Waals surface area contributed by atoms with Gasteiger partial charge >= 0.3 is 0 Å². The molecule has 3 heterocycles. The van der Waals surface area contributed by atoms with Gasteiger partial charge < -0.3 is 9.15 Å². The van der Waals surface area contributed by atoms with Crippen molar-refractivity contribution < 1.29 is 9.15 Å². The van der Waals surface area contributed by atoms with Crippen LogP contribution in [-0.2, 0) is 6.54 Å². The molecule has 0 bridgehead atoms. The van der Waals surface area contributed by atoms with Crippen molar-refractivity contribution in [2.75, 3.05) is 33.3 Å². The molecule has 7 heteroatoms. The number of nitrogens with zero attached hydrogens (tertiary/aromatic N) is 4. The number of thiophene rings is 1. The second-order valence-electron chi connectivity index (χ2n) is 6.76. The Morgan fingerprint density at radius 3 is 2.56 bits per heavy atom. The summed E-state index contributed by atoms with van der Waals surface area (Å²) in [7, 11) is 1.70. The number of methoxy groups -OCH3 is 1. The minimum absolute atomic E-state index is 0.134. The number of piperazine rings is 1. The molecule has 1 fully saturated rings. The van der Waals surface area contributed by atoms with E-state index in [1.807, 2.05) is 29.6 Å². The molecule has 0 N–H and O–H groups in total. The van der Waals surface area contributed by atoms with Gasteiger partial charge in [-0.3, -0.25) is 9.80 Å². The highest BCUT2D eigenvalue weighted by atomic mass is 32.1.